The number of ketones is 3. The molecule has 5 heteroatoms. The molecule has 6 atom stereocenters. The minimum absolute atomic E-state index is 0.0601. The van der Waals surface area contributed by atoms with Gasteiger partial charge >= 0.3 is 0 Å². The fourth-order valence-electron chi connectivity index (χ4n) is 12.0. The maximum absolute atomic E-state index is 17.4. The first-order valence-electron chi connectivity index (χ1n) is 24.2. The van der Waals surface area contributed by atoms with E-state index in [0.717, 1.165) is 98.1 Å². The van der Waals surface area contributed by atoms with Crippen molar-refractivity contribution in [3.63, 3.8) is 0 Å². The normalized spacial score (nSPS) is 26.0. The molecule has 2 aliphatic carbocycles. The highest BCUT2D eigenvalue weighted by Crippen LogP contribution is 2.59. The number of carbonyl (C=O) groups is 3. The van der Waals surface area contributed by atoms with Crippen LogP contribution in [0.2, 0.25) is 0 Å². The average Bonchev–Trinajstić information content (AvgIpc) is 3.33. The summed E-state index contributed by atoms with van der Waals surface area (Å²) in [7, 11) is 0. The number of hydrogen-bond acceptors (Lipinski definition) is 5. The van der Waals surface area contributed by atoms with Crippen molar-refractivity contribution in [3.05, 3.63) is 177 Å². The Balaban J connectivity index is 1.44. The number of hydrogen-bond donors (Lipinski definition) is 2. The number of benzene rings is 4. The molecule has 0 saturated carbocycles. The van der Waals surface area contributed by atoms with Gasteiger partial charge < -0.3 is 10.6 Å². The fourth-order valence-corrected chi connectivity index (χ4v) is 12.0. The zero-order valence-electron chi connectivity index (χ0n) is 39.1. The van der Waals surface area contributed by atoms with E-state index in [9.17, 15) is 0 Å². The molecule has 2 N–H and O–H groups in total. The number of aryl methyl sites for hydroxylation is 2. The molecule has 8 rings (SSSR count). The van der Waals surface area contributed by atoms with Gasteiger partial charge in [0.25, 0.3) is 0 Å². The quantitative estimate of drug-likeness (QED) is 0.124. The van der Waals surface area contributed by atoms with E-state index >= 15 is 14.4 Å². The van der Waals surface area contributed by atoms with Gasteiger partial charge in [0.2, 0.25) is 0 Å². The van der Waals surface area contributed by atoms with Crippen LogP contribution >= 0.6 is 0 Å². The van der Waals surface area contributed by atoms with Gasteiger partial charge in [0.1, 0.15) is 0 Å². The zero-order chi connectivity index (χ0) is 45.0. The number of rotatable bonds is 14. The lowest BCUT2D eigenvalue weighted by Gasteiger charge is -2.52. The van der Waals surface area contributed by atoms with Crippen molar-refractivity contribution in [1.29, 1.82) is 0 Å². The van der Waals surface area contributed by atoms with Crippen LogP contribution in [0.25, 0.3) is 11.1 Å². The molecule has 2 fully saturated rings. The number of piperidine rings is 2. The molecule has 64 heavy (non-hydrogen) atoms. The monoisotopic (exact) mass is 853 g/mol. The van der Waals surface area contributed by atoms with Crippen LogP contribution in [0.1, 0.15) is 119 Å². The highest BCUT2D eigenvalue weighted by molar-refractivity contribution is 6.21. The Kier molecular flexibility index (Phi) is 13.8. The third-order valence-electron chi connectivity index (χ3n) is 15.5. The first-order chi connectivity index (χ1) is 31.0. The summed E-state index contributed by atoms with van der Waals surface area (Å²) in [6.07, 6.45) is 15.9. The summed E-state index contributed by atoms with van der Waals surface area (Å²) in [6.45, 7) is 16.5. The highest BCUT2D eigenvalue weighted by Gasteiger charge is 2.59. The molecule has 0 spiro atoms. The molecule has 0 radical (unpaired) electrons. The molecule has 0 aromatic heterocycles. The van der Waals surface area contributed by atoms with Crippen molar-refractivity contribution < 1.29 is 14.4 Å². The Bertz CT molecular complexity index is 2320. The summed E-state index contributed by atoms with van der Waals surface area (Å²) >= 11 is 0. The smallest absolute Gasteiger partial charge is 0.193 e. The molecular formula is C59H68N2O3. The van der Waals surface area contributed by atoms with Crippen LogP contribution in [0.3, 0.4) is 0 Å². The third-order valence-corrected chi connectivity index (χ3v) is 15.5. The minimum atomic E-state index is -1.03. The van der Waals surface area contributed by atoms with E-state index in [1.807, 2.05) is 60.7 Å². The molecule has 4 aromatic rings. The molecule has 4 aromatic carbocycles. The van der Waals surface area contributed by atoms with Crippen LogP contribution in [0.15, 0.2) is 133 Å². The Morgan fingerprint density at radius 3 is 1.31 bits per heavy atom. The molecule has 4 aliphatic rings. The Morgan fingerprint density at radius 2 is 0.953 bits per heavy atom. The largest absolute Gasteiger partial charge is 0.316 e. The lowest BCUT2D eigenvalue weighted by Crippen LogP contribution is -2.55. The predicted octanol–water partition coefficient (Wildman–Crippen LogP) is 12.4. The van der Waals surface area contributed by atoms with Crippen molar-refractivity contribution in [2.45, 2.75) is 92.9 Å². The molecule has 0 amide bonds. The standard InChI is InChI=1S/C59H68N2O3/c1-7-29-58(35-51(55(62)43-21-11-9-12-22-43)49(47-27-15-19-39(3)41(47)5)33-53(58)45-25-17-31-60-37-45)57(64)59(30-8-2)36-52(56(63)44-23-13-10-14-24-44)50(48-28-16-20-40(4)42(48)6)34-54(59)46-26-18-32-61-38-46/h9-16,19-24,27-28,33-36,45-46,53-54,60-61H,7-8,17-18,25-26,29-32,37-38H2,1-6H3. The lowest BCUT2D eigenvalue weighted by atomic mass is 9.49. The second-order valence-electron chi connectivity index (χ2n) is 19.3. The zero-order valence-corrected chi connectivity index (χ0v) is 39.1. The summed E-state index contributed by atoms with van der Waals surface area (Å²) in [5.41, 5.74) is 8.96. The van der Waals surface area contributed by atoms with Gasteiger partial charge in [-0.3, -0.25) is 14.4 Å². The Morgan fingerprint density at radius 1 is 0.547 bits per heavy atom. The molecule has 6 unspecified atom stereocenters. The molecule has 0 bridgehead atoms. The van der Waals surface area contributed by atoms with Crippen molar-refractivity contribution >= 4 is 28.5 Å². The van der Waals surface area contributed by atoms with Crippen LogP contribution in [-0.4, -0.2) is 43.5 Å². The van der Waals surface area contributed by atoms with E-state index in [-0.39, 0.29) is 41.0 Å². The van der Waals surface area contributed by atoms with E-state index < -0.39 is 10.8 Å². The number of carbonyl (C=O) groups excluding carboxylic acids is 3. The van der Waals surface area contributed by atoms with Crippen molar-refractivity contribution in [2.24, 2.45) is 34.5 Å². The number of Topliss-reactive ketones (excluding diaryl/α,β-unsaturated/α-hetero) is 3. The number of nitrogens with one attached hydrogen (secondary N) is 2. The van der Waals surface area contributed by atoms with Gasteiger partial charge in [-0.25, -0.2) is 0 Å². The van der Waals surface area contributed by atoms with Crippen molar-refractivity contribution in [3.8, 4) is 0 Å². The van der Waals surface area contributed by atoms with Crippen LogP contribution in [0.4, 0.5) is 0 Å². The first kappa shape index (κ1) is 45.3. The predicted molar refractivity (Wildman–Crippen MR) is 263 cm³/mol. The van der Waals surface area contributed by atoms with Crippen LogP contribution < -0.4 is 10.6 Å². The molecular weight excluding hydrogens is 785 g/mol. The second kappa shape index (κ2) is 19.5. The molecule has 2 heterocycles. The summed E-state index contributed by atoms with van der Waals surface area (Å²) in [4.78, 5) is 48.1. The van der Waals surface area contributed by atoms with Crippen LogP contribution in [-0.2, 0) is 4.79 Å². The van der Waals surface area contributed by atoms with E-state index in [4.69, 9.17) is 0 Å². The summed E-state index contributed by atoms with van der Waals surface area (Å²) in [5.74, 6) is 0.0204. The minimum Gasteiger partial charge on any atom is -0.316 e. The van der Waals surface area contributed by atoms with E-state index in [2.05, 4.69) is 113 Å². The first-order valence-corrected chi connectivity index (χ1v) is 24.2. The lowest BCUT2D eigenvalue weighted by molar-refractivity contribution is -0.141. The number of allylic oxidation sites excluding steroid dienone is 8. The summed E-state index contributed by atoms with van der Waals surface area (Å²) in [5, 5.41) is 7.46. The van der Waals surface area contributed by atoms with E-state index in [1.165, 1.54) is 11.1 Å². The van der Waals surface area contributed by atoms with Crippen LogP contribution in [0.5, 0.6) is 0 Å². The Hall–Kier alpha value is -5.23. The molecule has 2 aliphatic heterocycles. The van der Waals surface area contributed by atoms with Crippen molar-refractivity contribution in [2.75, 3.05) is 26.2 Å². The average molecular weight is 853 g/mol. The molecule has 332 valence electrons. The van der Waals surface area contributed by atoms with Gasteiger partial charge in [-0.05, 0) is 161 Å². The van der Waals surface area contributed by atoms with Gasteiger partial charge in [-0.1, -0.05) is 148 Å². The maximum Gasteiger partial charge on any atom is 0.193 e. The van der Waals surface area contributed by atoms with E-state index in [1.54, 1.807) is 0 Å². The van der Waals surface area contributed by atoms with Crippen LogP contribution in [0, 0.1) is 62.2 Å². The SMILES string of the molecule is CCCC1(C(=O)C2(CCC)C=C(C(=O)c3ccccc3)C(c3cccc(C)c3C)=CC2C2CCCNC2)C=C(C(=O)c2ccccc2)C(c2cccc(C)c2C)=CC1C1CCCNC1. The van der Waals surface area contributed by atoms with Gasteiger partial charge in [0.05, 0.1) is 10.8 Å². The van der Waals surface area contributed by atoms with Crippen molar-refractivity contribution in [1.82, 2.24) is 10.6 Å². The fraction of sp³-hybridized carbons (Fsp3) is 0.407. The van der Waals surface area contributed by atoms with Gasteiger partial charge in [-0.15, -0.1) is 0 Å². The second-order valence-corrected chi connectivity index (χ2v) is 19.3. The van der Waals surface area contributed by atoms with Gasteiger partial charge in [0.15, 0.2) is 17.3 Å². The Labute approximate surface area is 382 Å². The molecule has 2 saturated heterocycles. The summed E-state index contributed by atoms with van der Waals surface area (Å²) in [6, 6.07) is 32.0. The molecule has 5 nitrogen and oxygen atoms in total. The topological polar surface area (TPSA) is 75.3 Å². The summed E-state index contributed by atoms with van der Waals surface area (Å²) < 4.78 is 0. The van der Waals surface area contributed by atoms with E-state index in [0.29, 0.717) is 35.1 Å². The van der Waals surface area contributed by atoms with Gasteiger partial charge in [0, 0.05) is 22.3 Å². The van der Waals surface area contributed by atoms with Gasteiger partial charge in [-0.2, -0.15) is 0 Å². The highest BCUT2D eigenvalue weighted by atomic mass is 16.1. The third kappa shape index (κ3) is 8.42. The maximum atomic E-state index is 17.4.